The average Bonchev–Trinajstić information content (AvgIpc) is 3.00. The van der Waals surface area contributed by atoms with E-state index in [0.29, 0.717) is 0 Å². The zero-order valence-corrected chi connectivity index (χ0v) is 11.9. The second-order valence-electron chi connectivity index (χ2n) is 4.59. The summed E-state index contributed by atoms with van der Waals surface area (Å²) in [7, 11) is 0. The monoisotopic (exact) mass is 327 g/mol. The molecule has 1 aromatic heterocycles. The maximum Gasteiger partial charge on any atom is 0.346 e. The van der Waals surface area contributed by atoms with Crippen molar-refractivity contribution in [3.63, 3.8) is 0 Å². The van der Waals surface area contributed by atoms with Crippen LogP contribution < -0.4 is 0 Å². The van der Waals surface area contributed by atoms with Gasteiger partial charge >= 0.3 is 17.9 Å². The molecule has 0 amide bonds. The summed E-state index contributed by atoms with van der Waals surface area (Å²) in [4.78, 5) is 33.0. The van der Waals surface area contributed by atoms with Crippen LogP contribution in [0.2, 0.25) is 0 Å². The van der Waals surface area contributed by atoms with Crippen molar-refractivity contribution in [2.24, 2.45) is 0 Å². The van der Waals surface area contributed by atoms with E-state index < -0.39 is 23.5 Å². The molecule has 0 atom stereocenters. The van der Waals surface area contributed by atoms with Gasteiger partial charge in [-0.2, -0.15) is 5.26 Å². The van der Waals surface area contributed by atoms with Gasteiger partial charge in [0.05, 0.1) is 11.1 Å². The first kappa shape index (κ1) is 16.5. The van der Waals surface area contributed by atoms with Crippen molar-refractivity contribution in [1.29, 1.82) is 5.26 Å². The number of rotatable bonds is 5. The highest BCUT2D eigenvalue weighted by molar-refractivity contribution is 5.97. The van der Waals surface area contributed by atoms with Crippen LogP contribution in [0.4, 0.5) is 0 Å². The Kier molecular flexibility index (Phi) is 4.47. The minimum atomic E-state index is -1.42. The maximum atomic E-state index is 11.1. The number of furan rings is 1. The first-order valence-electron chi connectivity index (χ1n) is 6.39. The van der Waals surface area contributed by atoms with Crippen LogP contribution in [-0.2, 0) is 4.79 Å². The van der Waals surface area contributed by atoms with Crippen LogP contribution in [0.3, 0.4) is 0 Å². The van der Waals surface area contributed by atoms with Crippen molar-refractivity contribution < 1.29 is 34.1 Å². The highest BCUT2D eigenvalue weighted by Gasteiger charge is 2.15. The van der Waals surface area contributed by atoms with Crippen LogP contribution in [-0.4, -0.2) is 33.2 Å². The Labute approximate surface area is 134 Å². The summed E-state index contributed by atoms with van der Waals surface area (Å²) in [6, 6.07) is 7.75. The highest BCUT2D eigenvalue weighted by atomic mass is 16.4. The van der Waals surface area contributed by atoms with Gasteiger partial charge < -0.3 is 19.7 Å². The van der Waals surface area contributed by atoms with Crippen LogP contribution in [0.15, 0.2) is 40.3 Å². The van der Waals surface area contributed by atoms with E-state index in [2.05, 4.69) is 0 Å². The van der Waals surface area contributed by atoms with E-state index in [0.717, 1.165) is 12.1 Å². The Morgan fingerprint density at radius 2 is 1.58 bits per heavy atom. The predicted octanol–water partition coefficient (Wildman–Crippen LogP) is 2.33. The second kappa shape index (κ2) is 6.50. The van der Waals surface area contributed by atoms with E-state index in [9.17, 15) is 14.4 Å². The van der Waals surface area contributed by atoms with Crippen LogP contribution in [0.5, 0.6) is 0 Å². The minimum absolute atomic E-state index is 0.0570. The largest absolute Gasteiger partial charge is 0.478 e. The van der Waals surface area contributed by atoms with E-state index in [1.807, 2.05) is 0 Å². The molecular weight excluding hydrogens is 318 g/mol. The first-order valence-corrected chi connectivity index (χ1v) is 6.39. The van der Waals surface area contributed by atoms with Crippen molar-refractivity contribution in [2.75, 3.05) is 0 Å². The molecule has 0 saturated carbocycles. The summed E-state index contributed by atoms with van der Waals surface area (Å²) in [6.07, 6.45) is 1.00. The Balaban J connectivity index is 2.50. The zero-order valence-electron chi connectivity index (χ0n) is 11.9. The van der Waals surface area contributed by atoms with Crippen molar-refractivity contribution in [3.8, 4) is 17.4 Å². The number of carbonyl (C=O) groups is 3. The summed E-state index contributed by atoms with van der Waals surface area (Å²) in [5.41, 5.74) is -0.814. The second-order valence-corrected chi connectivity index (χ2v) is 4.59. The molecule has 3 N–H and O–H groups in total. The summed E-state index contributed by atoms with van der Waals surface area (Å²) in [5, 5.41) is 35.6. The molecule has 24 heavy (non-hydrogen) atoms. The zero-order chi connectivity index (χ0) is 17.9. The molecule has 0 bridgehead atoms. The maximum absolute atomic E-state index is 11.1. The van der Waals surface area contributed by atoms with Gasteiger partial charge in [-0.3, -0.25) is 0 Å². The van der Waals surface area contributed by atoms with Crippen LogP contribution in [0.1, 0.15) is 26.5 Å². The summed E-state index contributed by atoms with van der Waals surface area (Å²) >= 11 is 0. The molecule has 0 aliphatic heterocycles. The first-order chi connectivity index (χ1) is 11.3. The fourth-order valence-electron chi connectivity index (χ4n) is 1.89. The standard InChI is InChI=1S/C16H9NO7/c17-7-11(16(22)23)6-12-1-2-13(24-12)8-3-9(14(18)19)5-10(4-8)15(20)21/h1-6H,(H,18,19)(H,20,21)(H,22,23)/b11-6+. The van der Waals surface area contributed by atoms with Gasteiger partial charge in [0.25, 0.3) is 0 Å². The Bertz CT molecular complexity index is 882. The molecule has 0 aliphatic rings. The van der Waals surface area contributed by atoms with Gasteiger partial charge in [-0.1, -0.05) is 0 Å². The molecule has 2 rings (SSSR count). The minimum Gasteiger partial charge on any atom is -0.478 e. The van der Waals surface area contributed by atoms with Gasteiger partial charge in [-0.25, -0.2) is 14.4 Å². The summed E-state index contributed by atoms with van der Waals surface area (Å²) < 4.78 is 5.34. The normalized spacial score (nSPS) is 10.9. The van der Waals surface area contributed by atoms with Gasteiger partial charge in [-0.15, -0.1) is 0 Å². The Hall–Kier alpha value is -3.86. The molecule has 8 heteroatoms. The molecule has 2 aromatic rings. The molecule has 120 valence electrons. The molecule has 0 spiro atoms. The van der Waals surface area contributed by atoms with Crippen molar-refractivity contribution in [2.45, 2.75) is 0 Å². The number of nitrogens with zero attached hydrogens (tertiary/aromatic N) is 1. The van der Waals surface area contributed by atoms with E-state index >= 15 is 0 Å². The lowest BCUT2D eigenvalue weighted by atomic mass is 10.0. The van der Waals surface area contributed by atoms with E-state index in [-0.39, 0.29) is 28.2 Å². The molecular formula is C16H9NO7. The highest BCUT2D eigenvalue weighted by Crippen LogP contribution is 2.26. The molecule has 0 unspecified atom stereocenters. The van der Waals surface area contributed by atoms with Crippen molar-refractivity contribution >= 4 is 24.0 Å². The van der Waals surface area contributed by atoms with Crippen molar-refractivity contribution in [1.82, 2.24) is 0 Å². The van der Waals surface area contributed by atoms with Gasteiger partial charge in [-0.05, 0) is 30.3 Å². The van der Waals surface area contributed by atoms with Gasteiger partial charge in [0.2, 0.25) is 0 Å². The molecule has 0 radical (unpaired) electrons. The SMILES string of the molecule is N#C/C(=C\c1ccc(-c2cc(C(=O)O)cc(C(=O)O)c2)o1)C(=O)O. The molecule has 0 saturated heterocycles. The third-order valence-corrected chi connectivity index (χ3v) is 2.98. The van der Waals surface area contributed by atoms with E-state index in [4.69, 9.17) is 25.0 Å². The molecule has 1 aromatic carbocycles. The van der Waals surface area contributed by atoms with E-state index in [1.165, 1.54) is 30.3 Å². The summed E-state index contributed by atoms with van der Waals surface area (Å²) in [6.45, 7) is 0. The smallest absolute Gasteiger partial charge is 0.346 e. The van der Waals surface area contributed by atoms with Crippen LogP contribution in [0, 0.1) is 11.3 Å². The predicted molar refractivity (Wildman–Crippen MR) is 79.3 cm³/mol. The fourth-order valence-corrected chi connectivity index (χ4v) is 1.89. The molecule has 1 heterocycles. The van der Waals surface area contributed by atoms with Gasteiger partial charge in [0.1, 0.15) is 23.2 Å². The number of carboxylic acid groups (broad SMARTS) is 3. The van der Waals surface area contributed by atoms with Gasteiger partial charge in [0.15, 0.2) is 0 Å². The lowest BCUT2D eigenvalue weighted by Gasteiger charge is -2.03. The lowest BCUT2D eigenvalue weighted by molar-refractivity contribution is -0.132. The Morgan fingerprint density at radius 1 is 1.00 bits per heavy atom. The quantitative estimate of drug-likeness (QED) is 0.559. The third-order valence-electron chi connectivity index (χ3n) is 2.98. The lowest BCUT2D eigenvalue weighted by Crippen LogP contribution is -2.02. The summed E-state index contributed by atoms with van der Waals surface area (Å²) in [5.74, 6) is -3.83. The Morgan fingerprint density at radius 3 is 2.04 bits per heavy atom. The number of nitriles is 1. The third kappa shape index (κ3) is 3.48. The van der Waals surface area contributed by atoms with Gasteiger partial charge in [0, 0.05) is 11.6 Å². The van der Waals surface area contributed by atoms with Crippen LogP contribution in [0.25, 0.3) is 17.4 Å². The number of carboxylic acids is 3. The number of aromatic carboxylic acids is 2. The number of benzene rings is 1. The average molecular weight is 327 g/mol. The fraction of sp³-hybridized carbons (Fsp3) is 0. The topological polar surface area (TPSA) is 149 Å². The van der Waals surface area contributed by atoms with E-state index in [1.54, 1.807) is 0 Å². The van der Waals surface area contributed by atoms with Crippen molar-refractivity contribution in [3.05, 3.63) is 52.8 Å². The number of aliphatic carboxylic acids is 1. The molecule has 0 aliphatic carbocycles. The number of hydrogen-bond donors (Lipinski definition) is 3. The number of hydrogen-bond acceptors (Lipinski definition) is 5. The molecule has 8 nitrogen and oxygen atoms in total. The van der Waals surface area contributed by atoms with Crippen LogP contribution >= 0.6 is 0 Å². The molecule has 0 fully saturated rings.